The lowest BCUT2D eigenvalue weighted by Gasteiger charge is -2.33. The molecule has 3 aliphatic heterocycles. The van der Waals surface area contributed by atoms with Gasteiger partial charge >= 0.3 is 0 Å². The van der Waals surface area contributed by atoms with Crippen molar-refractivity contribution >= 4 is 29.1 Å². The molecular formula is C28H33N3O4S. The van der Waals surface area contributed by atoms with Crippen LogP contribution in [0.25, 0.3) is 0 Å². The van der Waals surface area contributed by atoms with E-state index in [2.05, 4.69) is 24.5 Å². The van der Waals surface area contributed by atoms with Gasteiger partial charge in [-0.2, -0.15) is 0 Å². The fourth-order valence-electron chi connectivity index (χ4n) is 5.85. The second-order valence-corrected chi connectivity index (χ2v) is 11.6. The molecular weight excluding hydrogens is 474 g/mol. The van der Waals surface area contributed by atoms with Gasteiger partial charge in [0.1, 0.15) is 11.6 Å². The molecule has 8 heteroatoms. The zero-order valence-electron chi connectivity index (χ0n) is 20.9. The average Bonchev–Trinajstić information content (AvgIpc) is 3.60. The monoisotopic (exact) mass is 507 g/mol. The Morgan fingerprint density at radius 1 is 1.06 bits per heavy atom. The first-order valence-electron chi connectivity index (χ1n) is 12.6. The fraction of sp³-hybridized carbons (Fsp3) is 0.464. The lowest BCUT2D eigenvalue weighted by molar-refractivity contribution is -0.145. The number of carbonyl (C=O) groups excluding carboxylic acids is 3. The van der Waals surface area contributed by atoms with Crippen LogP contribution in [-0.2, 0) is 32.2 Å². The third-order valence-electron chi connectivity index (χ3n) is 7.60. The second-order valence-electron chi connectivity index (χ2n) is 10.5. The zero-order valence-corrected chi connectivity index (χ0v) is 21.7. The van der Waals surface area contributed by atoms with Gasteiger partial charge in [-0.25, -0.2) is 0 Å². The number of rotatable bonds is 9. The Hall–Kier alpha value is -2.97. The van der Waals surface area contributed by atoms with Gasteiger partial charge in [0, 0.05) is 18.0 Å². The van der Waals surface area contributed by atoms with Crippen LogP contribution in [0.5, 0.6) is 0 Å². The Balaban J connectivity index is 1.43. The number of benzene rings is 1. The van der Waals surface area contributed by atoms with Crippen LogP contribution >= 0.6 is 11.3 Å². The summed E-state index contributed by atoms with van der Waals surface area (Å²) < 4.78 is 6.54. The van der Waals surface area contributed by atoms with E-state index in [9.17, 15) is 14.4 Å². The maximum atomic E-state index is 13.9. The first kappa shape index (κ1) is 24.7. The first-order valence-corrected chi connectivity index (χ1v) is 13.5. The minimum Gasteiger partial charge on any atom is -0.356 e. The fourth-order valence-corrected chi connectivity index (χ4v) is 6.49. The highest BCUT2D eigenvalue weighted by Crippen LogP contribution is 2.59. The molecule has 4 heterocycles. The van der Waals surface area contributed by atoms with E-state index >= 15 is 0 Å². The molecule has 3 amide bonds. The molecule has 7 nitrogen and oxygen atoms in total. The van der Waals surface area contributed by atoms with Crippen LogP contribution in [0, 0.1) is 17.8 Å². The van der Waals surface area contributed by atoms with Crippen molar-refractivity contribution in [2.45, 2.75) is 57.5 Å². The SMILES string of the molecule is CC(C)CCN1C(=O)[C@H]2[C@@H](C(=O)NCc3cccs3)[C@@]3(C)C=C[C@]2(O3)[C@H]1C(=O)NCc1ccccc1. The van der Waals surface area contributed by atoms with Crippen LogP contribution in [0.2, 0.25) is 0 Å². The number of hydrogen-bond donors (Lipinski definition) is 2. The lowest BCUT2D eigenvalue weighted by Crippen LogP contribution is -2.54. The summed E-state index contributed by atoms with van der Waals surface area (Å²) in [5.74, 6) is -1.74. The molecule has 1 aromatic heterocycles. The van der Waals surface area contributed by atoms with Crippen molar-refractivity contribution in [3.8, 4) is 0 Å². The molecule has 2 bridgehead atoms. The van der Waals surface area contributed by atoms with E-state index in [0.29, 0.717) is 25.6 Å². The normalized spacial score (nSPS) is 30.2. The number of thiophene rings is 1. The van der Waals surface area contributed by atoms with Gasteiger partial charge in [0.15, 0.2) is 0 Å². The molecule has 190 valence electrons. The molecule has 2 N–H and O–H groups in total. The zero-order chi connectivity index (χ0) is 25.5. The largest absolute Gasteiger partial charge is 0.356 e. The summed E-state index contributed by atoms with van der Waals surface area (Å²) in [6.07, 6.45) is 4.49. The van der Waals surface area contributed by atoms with Crippen LogP contribution < -0.4 is 10.6 Å². The molecule has 2 saturated heterocycles. The van der Waals surface area contributed by atoms with Crippen molar-refractivity contribution in [2.75, 3.05) is 6.54 Å². The minimum absolute atomic E-state index is 0.181. The van der Waals surface area contributed by atoms with Crippen LogP contribution in [-0.4, -0.2) is 46.4 Å². The minimum atomic E-state index is -1.16. The van der Waals surface area contributed by atoms with Gasteiger partial charge < -0.3 is 20.3 Å². The second kappa shape index (κ2) is 9.48. The number of nitrogens with one attached hydrogen (secondary N) is 2. The average molecular weight is 508 g/mol. The van der Waals surface area contributed by atoms with E-state index in [-0.39, 0.29) is 17.7 Å². The van der Waals surface area contributed by atoms with E-state index in [1.165, 1.54) is 0 Å². The van der Waals surface area contributed by atoms with Gasteiger partial charge in [0.05, 0.1) is 24.0 Å². The number of hydrogen-bond acceptors (Lipinski definition) is 5. The van der Waals surface area contributed by atoms with Crippen LogP contribution in [0.15, 0.2) is 60.0 Å². The molecule has 0 unspecified atom stereocenters. The van der Waals surface area contributed by atoms with Crippen molar-refractivity contribution in [1.29, 1.82) is 0 Å². The summed E-state index contributed by atoms with van der Waals surface area (Å²) in [4.78, 5) is 43.8. The summed E-state index contributed by atoms with van der Waals surface area (Å²) in [6.45, 7) is 7.22. The van der Waals surface area contributed by atoms with Crippen LogP contribution in [0.4, 0.5) is 0 Å². The van der Waals surface area contributed by atoms with E-state index in [1.54, 1.807) is 16.2 Å². The quantitative estimate of drug-likeness (QED) is 0.510. The lowest BCUT2D eigenvalue weighted by atomic mass is 9.70. The summed E-state index contributed by atoms with van der Waals surface area (Å²) in [6, 6.07) is 12.8. The maximum absolute atomic E-state index is 13.9. The van der Waals surface area contributed by atoms with Crippen molar-refractivity contribution in [1.82, 2.24) is 15.5 Å². The number of likely N-dealkylation sites (tertiary alicyclic amines) is 1. The van der Waals surface area contributed by atoms with Gasteiger partial charge in [0.2, 0.25) is 17.7 Å². The van der Waals surface area contributed by atoms with Gasteiger partial charge in [-0.15, -0.1) is 11.3 Å². The van der Waals surface area contributed by atoms with E-state index < -0.39 is 29.1 Å². The van der Waals surface area contributed by atoms with Gasteiger partial charge in [-0.1, -0.05) is 62.4 Å². The molecule has 0 aliphatic carbocycles. The summed E-state index contributed by atoms with van der Waals surface area (Å²) >= 11 is 1.57. The van der Waals surface area contributed by atoms with Crippen molar-refractivity contribution in [3.05, 3.63) is 70.4 Å². The maximum Gasteiger partial charge on any atom is 0.246 e. The molecule has 36 heavy (non-hydrogen) atoms. The van der Waals surface area contributed by atoms with Gasteiger partial charge in [0.25, 0.3) is 0 Å². The molecule has 3 aliphatic rings. The summed E-state index contributed by atoms with van der Waals surface area (Å²) in [5.41, 5.74) is -1.13. The number of nitrogens with zero attached hydrogens (tertiary/aromatic N) is 1. The number of fused-ring (bicyclic) bond motifs is 1. The Morgan fingerprint density at radius 3 is 2.50 bits per heavy atom. The molecule has 0 saturated carbocycles. The van der Waals surface area contributed by atoms with E-state index in [4.69, 9.17) is 4.74 Å². The summed E-state index contributed by atoms with van der Waals surface area (Å²) in [5, 5.41) is 8.00. The highest BCUT2D eigenvalue weighted by molar-refractivity contribution is 7.09. The van der Waals surface area contributed by atoms with Crippen LogP contribution in [0.3, 0.4) is 0 Å². The van der Waals surface area contributed by atoms with E-state index in [0.717, 1.165) is 16.9 Å². The topological polar surface area (TPSA) is 87.7 Å². The van der Waals surface area contributed by atoms with Crippen molar-refractivity contribution in [3.63, 3.8) is 0 Å². The third-order valence-corrected chi connectivity index (χ3v) is 8.48. The van der Waals surface area contributed by atoms with E-state index in [1.807, 2.05) is 66.9 Å². The Labute approximate surface area is 215 Å². The number of carbonyl (C=O) groups is 3. The Kier molecular flexibility index (Phi) is 6.51. The smallest absolute Gasteiger partial charge is 0.246 e. The third kappa shape index (κ3) is 4.16. The molecule has 5 rings (SSSR count). The molecule has 1 aromatic carbocycles. The highest BCUT2D eigenvalue weighted by atomic mass is 32.1. The Morgan fingerprint density at radius 2 is 1.81 bits per heavy atom. The Bertz CT molecular complexity index is 1160. The predicted molar refractivity (Wildman–Crippen MR) is 138 cm³/mol. The molecule has 5 atom stereocenters. The molecule has 0 radical (unpaired) electrons. The summed E-state index contributed by atoms with van der Waals surface area (Å²) in [7, 11) is 0. The van der Waals surface area contributed by atoms with Gasteiger partial charge in [-0.05, 0) is 36.3 Å². The number of amides is 3. The molecule has 2 aromatic rings. The molecule has 1 spiro atoms. The predicted octanol–water partition coefficient (Wildman–Crippen LogP) is 3.27. The first-order chi connectivity index (χ1) is 17.2. The van der Waals surface area contributed by atoms with Gasteiger partial charge in [-0.3, -0.25) is 14.4 Å². The van der Waals surface area contributed by atoms with Crippen LogP contribution in [0.1, 0.15) is 37.6 Å². The highest BCUT2D eigenvalue weighted by Gasteiger charge is 2.76. The van der Waals surface area contributed by atoms with Crippen molar-refractivity contribution in [2.24, 2.45) is 17.8 Å². The number of ether oxygens (including phenoxy) is 1. The molecule has 2 fully saturated rings. The standard InChI is InChI=1S/C28H33N3O4S/c1-18(2)11-14-31-23(25(33)29-16-19-8-5-4-6-9-19)28-13-12-27(3,35-28)21(22(28)26(31)34)24(32)30-17-20-10-7-15-36-20/h4-10,12-13,15,18,21-23H,11,14,16-17H2,1-3H3,(H,29,33)(H,30,32)/t21-,22+,23+,27+,28+/m0/s1. The van der Waals surface area contributed by atoms with Crippen molar-refractivity contribution < 1.29 is 19.1 Å².